The zero-order valence-corrected chi connectivity index (χ0v) is 14.4. The van der Waals surface area contributed by atoms with Crippen molar-refractivity contribution < 1.29 is 19.4 Å². The predicted molar refractivity (Wildman–Crippen MR) is 85.2 cm³/mol. The Bertz CT molecular complexity index is 487. The molecule has 3 fully saturated rings. The fraction of sp³-hybridized carbons (Fsp3) is 0.882. The number of carbonyl (C=O) groups excluding carboxylic acids is 1. The number of likely N-dealkylation sites (tertiary alicyclic amines) is 2. The molecule has 2 heterocycles. The summed E-state index contributed by atoms with van der Waals surface area (Å²) in [6, 6.07) is 0.721. The molecule has 1 atom stereocenters. The van der Waals surface area contributed by atoms with Crippen LogP contribution in [0.2, 0.25) is 0 Å². The summed E-state index contributed by atoms with van der Waals surface area (Å²) in [5.41, 5.74) is -0.838. The molecule has 0 radical (unpaired) electrons. The second kappa shape index (κ2) is 5.65. The van der Waals surface area contributed by atoms with Gasteiger partial charge in [0.1, 0.15) is 5.60 Å². The quantitative estimate of drug-likeness (QED) is 0.843. The Balaban J connectivity index is 1.69. The lowest BCUT2D eigenvalue weighted by molar-refractivity contribution is -0.145. The number of hydrogen-bond donors (Lipinski definition) is 1. The number of nitrogens with zero attached hydrogens (tertiary/aromatic N) is 2. The predicted octanol–water partition coefficient (Wildman–Crippen LogP) is 2.18. The van der Waals surface area contributed by atoms with E-state index >= 15 is 0 Å². The molecule has 1 N–H and O–H groups in total. The first-order valence-corrected chi connectivity index (χ1v) is 8.65. The highest BCUT2D eigenvalue weighted by Crippen LogP contribution is 2.46. The Morgan fingerprint density at radius 2 is 1.78 bits per heavy atom. The summed E-state index contributed by atoms with van der Waals surface area (Å²) < 4.78 is 5.44. The van der Waals surface area contributed by atoms with Gasteiger partial charge in [0.15, 0.2) is 0 Å². The Morgan fingerprint density at radius 3 is 2.26 bits per heavy atom. The maximum absolute atomic E-state index is 12.3. The monoisotopic (exact) mass is 324 g/mol. The van der Waals surface area contributed by atoms with Gasteiger partial charge in [-0.2, -0.15) is 0 Å². The first-order chi connectivity index (χ1) is 10.7. The van der Waals surface area contributed by atoms with Crippen molar-refractivity contribution in [3.8, 4) is 0 Å². The van der Waals surface area contributed by atoms with Crippen molar-refractivity contribution in [3.63, 3.8) is 0 Å². The summed E-state index contributed by atoms with van der Waals surface area (Å²) in [7, 11) is 0. The van der Waals surface area contributed by atoms with Gasteiger partial charge in [0.2, 0.25) is 0 Å². The highest BCUT2D eigenvalue weighted by Gasteiger charge is 2.53. The minimum absolute atomic E-state index is 0.272. The molecule has 23 heavy (non-hydrogen) atoms. The van der Waals surface area contributed by atoms with Crippen LogP contribution in [0.4, 0.5) is 4.79 Å². The van der Waals surface area contributed by atoms with Crippen LogP contribution in [0.15, 0.2) is 0 Å². The van der Waals surface area contributed by atoms with Gasteiger partial charge in [0, 0.05) is 24.5 Å². The van der Waals surface area contributed by atoms with Gasteiger partial charge < -0.3 is 19.6 Å². The molecule has 1 saturated carbocycles. The van der Waals surface area contributed by atoms with Crippen LogP contribution in [-0.2, 0) is 9.53 Å². The molecule has 1 aliphatic carbocycles. The molecule has 3 aliphatic rings. The Labute approximate surface area is 137 Å². The van der Waals surface area contributed by atoms with E-state index in [1.807, 2.05) is 20.8 Å². The second-order valence-electron chi connectivity index (χ2n) is 8.38. The lowest BCUT2D eigenvalue weighted by atomic mass is 9.71. The normalized spacial score (nSPS) is 28.1. The van der Waals surface area contributed by atoms with E-state index < -0.39 is 17.5 Å². The van der Waals surface area contributed by atoms with Gasteiger partial charge >= 0.3 is 12.1 Å². The topological polar surface area (TPSA) is 70.1 Å². The SMILES string of the molecule is CC(C)(C)OC(=O)N1CC(C(=O)O)C2(CCN(C3CC3)CC2)C1. The molecule has 1 unspecified atom stereocenters. The zero-order valence-electron chi connectivity index (χ0n) is 14.4. The number of hydrogen-bond acceptors (Lipinski definition) is 4. The Kier molecular flexibility index (Phi) is 4.07. The number of rotatable bonds is 2. The van der Waals surface area contributed by atoms with E-state index in [0.29, 0.717) is 6.54 Å². The van der Waals surface area contributed by atoms with Crippen molar-refractivity contribution in [2.75, 3.05) is 26.2 Å². The van der Waals surface area contributed by atoms with E-state index in [0.717, 1.165) is 32.0 Å². The molecular formula is C17H28N2O4. The van der Waals surface area contributed by atoms with E-state index in [4.69, 9.17) is 4.74 Å². The fourth-order valence-electron chi connectivity index (χ4n) is 4.06. The third-order valence-corrected chi connectivity index (χ3v) is 5.45. The van der Waals surface area contributed by atoms with E-state index in [-0.39, 0.29) is 18.1 Å². The summed E-state index contributed by atoms with van der Waals surface area (Å²) >= 11 is 0. The standard InChI is InChI=1S/C17H28N2O4/c1-16(2,3)23-15(22)19-10-13(14(20)21)17(11-19)6-8-18(9-7-17)12-4-5-12/h12-13H,4-11H2,1-3H3,(H,20,21). The zero-order chi connectivity index (χ0) is 16.8. The third kappa shape index (κ3) is 3.47. The van der Waals surface area contributed by atoms with E-state index in [9.17, 15) is 14.7 Å². The van der Waals surface area contributed by atoms with Crippen LogP contribution in [0.1, 0.15) is 46.5 Å². The van der Waals surface area contributed by atoms with Gasteiger partial charge in [0.25, 0.3) is 0 Å². The molecule has 130 valence electrons. The smallest absolute Gasteiger partial charge is 0.410 e. The summed E-state index contributed by atoms with van der Waals surface area (Å²) in [5.74, 6) is -1.26. The summed E-state index contributed by atoms with van der Waals surface area (Å²) in [6.45, 7) is 8.19. The summed E-state index contributed by atoms with van der Waals surface area (Å²) in [6.07, 6.45) is 3.89. The van der Waals surface area contributed by atoms with Crippen LogP contribution in [0.25, 0.3) is 0 Å². The number of carbonyl (C=O) groups is 2. The molecule has 1 spiro atoms. The first kappa shape index (κ1) is 16.6. The maximum atomic E-state index is 12.3. The van der Waals surface area contributed by atoms with Crippen molar-refractivity contribution in [2.45, 2.75) is 58.1 Å². The average Bonchev–Trinajstić information content (AvgIpc) is 3.20. The van der Waals surface area contributed by atoms with Crippen molar-refractivity contribution in [2.24, 2.45) is 11.3 Å². The highest BCUT2D eigenvalue weighted by molar-refractivity contribution is 5.75. The Hall–Kier alpha value is -1.30. The van der Waals surface area contributed by atoms with Gasteiger partial charge in [-0.15, -0.1) is 0 Å². The van der Waals surface area contributed by atoms with E-state index in [1.54, 1.807) is 4.90 Å². The molecule has 0 bridgehead atoms. The van der Waals surface area contributed by atoms with E-state index in [2.05, 4.69) is 4.90 Å². The third-order valence-electron chi connectivity index (χ3n) is 5.45. The van der Waals surface area contributed by atoms with Gasteiger partial charge in [-0.3, -0.25) is 4.79 Å². The number of ether oxygens (including phenoxy) is 1. The van der Waals surface area contributed by atoms with Gasteiger partial charge in [-0.25, -0.2) is 4.79 Å². The molecular weight excluding hydrogens is 296 g/mol. The van der Waals surface area contributed by atoms with Crippen molar-refractivity contribution >= 4 is 12.1 Å². The van der Waals surface area contributed by atoms with Crippen LogP contribution >= 0.6 is 0 Å². The molecule has 0 aromatic carbocycles. The number of piperidine rings is 1. The maximum Gasteiger partial charge on any atom is 0.410 e. The molecule has 3 rings (SSSR count). The van der Waals surface area contributed by atoms with Crippen LogP contribution in [0, 0.1) is 11.3 Å². The molecule has 2 saturated heterocycles. The van der Waals surface area contributed by atoms with Crippen molar-refractivity contribution in [1.29, 1.82) is 0 Å². The number of carboxylic acid groups (broad SMARTS) is 1. The number of aliphatic carboxylic acids is 1. The lowest BCUT2D eigenvalue weighted by Crippen LogP contribution is -2.47. The van der Waals surface area contributed by atoms with Crippen LogP contribution in [-0.4, -0.2) is 64.8 Å². The molecule has 6 nitrogen and oxygen atoms in total. The molecule has 0 aromatic heterocycles. The summed E-state index contributed by atoms with van der Waals surface area (Å²) in [5, 5.41) is 9.66. The number of amides is 1. The average molecular weight is 324 g/mol. The van der Waals surface area contributed by atoms with Crippen LogP contribution < -0.4 is 0 Å². The molecule has 0 aromatic rings. The minimum atomic E-state index is -0.782. The highest BCUT2D eigenvalue weighted by atomic mass is 16.6. The first-order valence-electron chi connectivity index (χ1n) is 8.65. The summed E-state index contributed by atoms with van der Waals surface area (Å²) in [4.78, 5) is 28.2. The minimum Gasteiger partial charge on any atom is -0.481 e. The molecule has 1 amide bonds. The van der Waals surface area contributed by atoms with Gasteiger partial charge in [0.05, 0.1) is 5.92 Å². The van der Waals surface area contributed by atoms with Crippen molar-refractivity contribution in [3.05, 3.63) is 0 Å². The lowest BCUT2D eigenvalue weighted by Gasteiger charge is -2.41. The van der Waals surface area contributed by atoms with Gasteiger partial charge in [-0.05, 0) is 59.5 Å². The largest absolute Gasteiger partial charge is 0.481 e. The van der Waals surface area contributed by atoms with Crippen LogP contribution in [0.5, 0.6) is 0 Å². The Morgan fingerprint density at radius 1 is 1.17 bits per heavy atom. The fourth-order valence-corrected chi connectivity index (χ4v) is 4.06. The molecule has 6 heteroatoms. The molecule has 2 aliphatic heterocycles. The van der Waals surface area contributed by atoms with Crippen LogP contribution in [0.3, 0.4) is 0 Å². The number of carboxylic acids is 1. The van der Waals surface area contributed by atoms with Gasteiger partial charge in [-0.1, -0.05) is 0 Å². The van der Waals surface area contributed by atoms with Crippen molar-refractivity contribution in [1.82, 2.24) is 9.80 Å². The van der Waals surface area contributed by atoms with E-state index in [1.165, 1.54) is 12.8 Å². The second-order valence-corrected chi connectivity index (χ2v) is 8.38.